The highest BCUT2D eigenvalue weighted by Crippen LogP contribution is 2.30. The molecule has 0 saturated carbocycles. The average molecular weight is 412 g/mol. The molecule has 0 aliphatic carbocycles. The standard InChI is InChI=1S/C22H29N5O3/c1-14(2)27-21-19(13-23-27)18(12-20(24-21)17-11-15(3)30-16(17)4)22(29)26-7-5-25(6-8-26)9-10-28/h11-14,28H,5-10H2,1-4H3. The molecule has 8 nitrogen and oxygen atoms in total. The molecule has 0 unspecified atom stereocenters. The van der Waals surface area contributed by atoms with E-state index >= 15 is 0 Å². The normalized spacial score (nSPS) is 15.5. The first-order chi connectivity index (χ1) is 14.4. The number of fused-ring (bicyclic) bond motifs is 1. The van der Waals surface area contributed by atoms with Gasteiger partial charge in [0.2, 0.25) is 0 Å². The molecule has 0 bridgehead atoms. The number of hydrogen-bond donors (Lipinski definition) is 1. The maximum Gasteiger partial charge on any atom is 0.254 e. The zero-order valence-corrected chi connectivity index (χ0v) is 18.1. The van der Waals surface area contributed by atoms with E-state index in [4.69, 9.17) is 14.5 Å². The minimum absolute atomic E-state index is 0.00604. The van der Waals surface area contributed by atoms with E-state index in [2.05, 4.69) is 23.8 Å². The number of aliphatic hydroxyl groups is 1. The Morgan fingerprint density at radius 2 is 1.93 bits per heavy atom. The third-order valence-electron chi connectivity index (χ3n) is 5.68. The number of nitrogens with zero attached hydrogens (tertiary/aromatic N) is 5. The molecule has 30 heavy (non-hydrogen) atoms. The summed E-state index contributed by atoms with van der Waals surface area (Å²) in [6.07, 6.45) is 1.74. The van der Waals surface area contributed by atoms with Crippen molar-refractivity contribution in [2.24, 2.45) is 0 Å². The first-order valence-electron chi connectivity index (χ1n) is 10.5. The summed E-state index contributed by atoms with van der Waals surface area (Å²) in [6, 6.07) is 3.96. The number of furan rings is 1. The number of aryl methyl sites for hydroxylation is 2. The Hall–Kier alpha value is -2.71. The number of hydrogen-bond acceptors (Lipinski definition) is 6. The lowest BCUT2D eigenvalue weighted by atomic mass is 10.1. The number of aliphatic hydroxyl groups excluding tert-OH is 1. The molecule has 4 heterocycles. The van der Waals surface area contributed by atoms with E-state index in [-0.39, 0.29) is 18.6 Å². The monoisotopic (exact) mass is 411 g/mol. The van der Waals surface area contributed by atoms with Crippen molar-refractivity contribution in [2.75, 3.05) is 39.3 Å². The molecular weight excluding hydrogens is 382 g/mol. The summed E-state index contributed by atoms with van der Waals surface area (Å²) in [6.45, 7) is 11.5. The fraction of sp³-hybridized carbons (Fsp3) is 0.500. The van der Waals surface area contributed by atoms with E-state index in [0.29, 0.717) is 30.8 Å². The number of carbonyl (C=O) groups is 1. The highest BCUT2D eigenvalue weighted by atomic mass is 16.3. The van der Waals surface area contributed by atoms with Crippen LogP contribution in [-0.2, 0) is 0 Å². The van der Waals surface area contributed by atoms with Gasteiger partial charge in [-0.25, -0.2) is 9.67 Å². The number of rotatable bonds is 5. The van der Waals surface area contributed by atoms with Gasteiger partial charge in [0.1, 0.15) is 11.5 Å². The molecule has 1 amide bonds. The van der Waals surface area contributed by atoms with Crippen LogP contribution in [-0.4, -0.2) is 74.9 Å². The van der Waals surface area contributed by atoms with E-state index in [9.17, 15) is 4.79 Å². The van der Waals surface area contributed by atoms with Crippen molar-refractivity contribution >= 4 is 16.9 Å². The largest absolute Gasteiger partial charge is 0.466 e. The summed E-state index contributed by atoms with van der Waals surface area (Å²) in [5, 5.41) is 14.4. The predicted molar refractivity (Wildman–Crippen MR) is 115 cm³/mol. The van der Waals surface area contributed by atoms with Gasteiger partial charge in [-0.2, -0.15) is 5.10 Å². The lowest BCUT2D eigenvalue weighted by Crippen LogP contribution is -2.49. The van der Waals surface area contributed by atoms with Gasteiger partial charge in [0.25, 0.3) is 5.91 Å². The van der Waals surface area contributed by atoms with Crippen molar-refractivity contribution in [2.45, 2.75) is 33.7 Å². The second-order valence-electron chi connectivity index (χ2n) is 8.16. The van der Waals surface area contributed by atoms with Gasteiger partial charge in [0.05, 0.1) is 29.4 Å². The minimum atomic E-state index is -0.00604. The molecule has 1 fully saturated rings. The lowest BCUT2D eigenvalue weighted by Gasteiger charge is -2.34. The molecule has 1 N–H and O–H groups in total. The number of piperazine rings is 1. The first-order valence-corrected chi connectivity index (χ1v) is 10.5. The Kier molecular flexibility index (Phi) is 5.62. The molecule has 0 aromatic carbocycles. The van der Waals surface area contributed by atoms with E-state index < -0.39 is 0 Å². The SMILES string of the molecule is Cc1cc(-c2cc(C(=O)N3CCN(CCO)CC3)c3cnn(C(C)C)c3n2)c(C)o1. The minimum Gasteiger partial charge on any atom is -0.466 e. The van der Waals surface area contributed by atoms with Crippen molar-refractivity contribution in [3.8, 4) is 11.3 Å². The second-order valence-corrected chi connectivity index (χ2v) is 8.16. The average Bonchev–Trinajstić information content (AvgIpc) is 3.30. The Balaban J connectivity index is 1.76. The molecule has 1 saturated heterocycles. The zero-order valence-electron chi connectivity index (χ0n) is 18.1. The van der Waals surface area contributed by atoms with Crippen LogP contribution in [0.2, 0.25) is 0 Å². The highest BCUT2D eigenvalue weighted by molar-refractivity contribution is 6.06. The van der Waals surface area contributed by atoms with Crippen LogP contribution >= 0.6 is 0 Å². The molecule has 0 radical (unpaired) electrons. The maximum atomic E-state index is 13.5. The zero-order chi connectivity index (χ0) is 21.4. The van der Waals surface area contributed by atoms with Gasteiger partial charge in [-0.3, -0.25) is 9.69 Å². The third kappa shape index (κ3) is 3.73. The predicted octanol–water partition coefficient (Wildman–Crippen LogP) is 2.64. The quantitative estimate of drug-likeness (QED) is 0.694. The lowest BCUT2D eigenvalue weighted by molar-refractivity contribution is 0.0617. The summed E-state index contributed by atoms with van der Waals surface area (Å²) in [7, 11) is 0. The smallest absolute Gasteiger partial charge is 0.254 e. The van der Waals surface area contributed by atoms with Gasteiger partial charge in [-0.15, -0.1) is 0 Å². The molecule has 0 spiro atoms. The fourth-order valence-corrected chi connectivity index (χ4v) is 4.08. The molecule has 1 aliphatic heterocycles. The van der Waals surface area contributed by atoms with Crippen molar-refractivity contribution < 1.29 is 14.3 Å². The summed E-state index contributed by atoms with van der Waals surface area (Å²) in [5.74, 6) is 1.59. The summed E-state index contributed by atoms with van der Waals surface area (Å²) < 4.78 is 7.57. The maximum absolute atomic E-state index is 13.5. The molecular formula is C22H29N5O3. The number of pyridine rings is 1. The van der Waals surface area contributed by atoms with Crippen molar-refractivity contribution in [1.29, 1.82) is 0 Å². The number of carbonyl (C=O) groups excluding carboxylic acids is 1. The number of aromatic nitrogens is 3. The van der Waals surface area contributed by atoms with Crippen molar-refractivity contribution in [1.82, 2.24) is 24.6 Å². The van der Waals surface area contributed by atoms with E-state index in [0.717, 1.165) is 41.3 Å². The van der Waals surface area contributed by atoms with Crippen molar-refractivity contribution in [3.63, 3.8) is 0 Å². The molecule has 3 aromatic heterocycles. The van der Waals surface area contributed by atoms with Crippen LogP contribution in [0.3, 0.4) is 0 Å². The Labute approximate surface area is 176 Å². The second kappa shape index (κ2) is 8.20. The highest BCUT2D eigenvalue weighted by Gasteiger charge is 2.26. The Morgan fingerprint density at radius 3 is 2.53 bits per heavy atom. The number of β-amino-alcohol motifs (C(OH)–C–C–N with tert-alkyl or cyclic N) is 1. The van der Waals surface area contributed by atoms with Crippen LogP contribution in [0.15, 0.2) is 22.7 Å². The molecule has 160 valence electrons. The van der Waals surface area contributed by atoms with Crippen LogP contribution in [0.4, 0.5) is 0 Å². The topological polar surface area (TPSA) is 87.6 Å². The molecule has 8 heteroatoms. The van der Waals surface area contributed by atoms with E-state index in [1.54, 1.807) is 6.20 Å². The summed E-state index contributed by atoms with van der Waals surface area (Å²) in [4.78, 5) is 22.4. The van der Waals surface area contributed by atoms with Crippen LogP contribution < -0.4 is 0 Å². The third-order valence-corrected chi connectivity index (χ3v) is 5.68. The molecule has 1 aliphatic rings. The molecule has 4 rings (SSSR count). The van der Waals surface area contributed by atoms with Crippen LogP contribution in [0, 0.1) is 13.8 Å². The number of amides is 1. The molecule has 0 atom stereocenters. The van der Waals surface area contributed by atoms with Crippen LogP contribution in [0.1, 0.15) is 41.8 Å². The summed E-state index contributed by atoms with van der Waals surface area (Å²) >= 11 is 0. The van der Waals surface area contributed by atoms with Gasteiger partial charge in [0, 0.05) is 44.3 Å². The van der Waals surface area contributed by atoms with E-state index in [1.807, 2.05) is 35.6 Å². The van der Waals surface area contributed by atoms with Crippen molar-refractivity contribution in [3.05, 3.63) is 35.4 Å². The van der Waals surface area contributed by atoms with Crippen LogP contribution in [0.25, 0.3) is 22.3 Å². The van der Waals surface area contributed by atoms with Crippen LogP contribution in [0.5, 0.6) is 0 Å². The first kappa shape index (κ1) is 20.6. The Morgan fingerprint density at radius 1 is 1.20 bits per heavy atom. The Bertz CT molecular complexity index is 1060. The molecule has 3 aromatic rings. The fourth-order valence-electron chi connectivity index (χ4n) is 4.08. The van der Waals surface area contributed by atoms with Gasteiger partial charge < -0.3 is 14.4 Å². The van der Waals surface area contributed by atoms with Gasteiger partial charge in [0.15, 0.2) is 5.65 Å². The van der Waals surface area contributed by atoms with Gasteiger partial charge in [-0.1, -0.05) is 0 Å². The van der Waals surface area contributed by atoms with E-state index in [1.165, 1.54) is 0 Å². The van der Waals surface area contributed by atoms with Gasteiger partial charge in [-0.05, 0) is 39.8 Å². The van der Waals surface area contributed by atoms with Gasteiger partial charge >= 0.3 is 0 Å². The summed E-state index contributed by atoms with van der Waals surface area (Å²) in [5.41, 5.74) is 2.95.